The molecule has 0 saturated heterocycles. The number of hydrogen-bond donors (Lipinski definition) is 0. The smallest absolute Gasteiger partial charge is 0.0748 e. The highest BCUT2D eigenvalue weighted by Crippen LogP contribution is 2.31. The molecule has 2 heteroatoms. The highest BCUT2D eigenvalue weighted by molar-refractivity contribution is 5.56. The number of hydroxylamine groups is 1. The molecule has 15 heavy (non-hydrogen) atoms. The fourth-order valence-electron chi connectivity index (χ4n) is 2.04. The second-order valence-electron chi connectivity index (χ2n) is 4.19. The molecule has 0 fully saturated rings. The summed E-state index contributed by atoms with van der Waals surface area (Å²) >= 11 is 0. The minimum absolute atomic E-state index is 0.472. The van der Waals surface area contributed by atoms with Crippen molar-refractivity contribution in [1.82, 2.24) is 0 Å². The molecule has 1 aromatic carbocycles. The van der Waals surface area contributed by atoms with E-state index >= 15 is 0 Å². The van der Waals surface area contributed by atoms with Crippen molar-refractivity contribution in [2.24, 2.45) is 0 Å². The summed E-state index contributed by atoms with van der Waals surface area (Å²) in [5, 5.41) is 2.07. The van der Waals surface area contributed by atoms with Gasteiger partial charge in [-0.1, -0.05) is 31.5 Å². The molecule has 2 rings (SSSR count). The van der Waals surface area contributed by atoms with Crippen LogP contribution in [0.25, 0.3) is 0 Å². The van der Waals surface area contributed by atoms with Gasteiger partial charge in [-0.15, -0.1) is 0 Å². The van der Waals surface area contributed by atoms with Crippen LogP contribution in [0, 0.1) is 0 Å². The van der Waals surface area contributed by atoms with Gasteiger partial charge in [0.05, 0.1) is 18.3 Å². The van der Waals surface area contributed by atoms with Gasteiger partial charge in [-0.25, -0.2) is 0 Å². The molecule has 1 aliphatic rings. The van der Waals surface area contributed by atoms with E-state index in [9.17, 15) is 0 Å². The summed E-state index contributed by atoms with van der Waals surface area (Å²) in [5.74, 6) is 0. The number of nitrogens with zero attached hydrogens (tertiary/aromatic N) is 1. The average Bonchev–Trinajstić information content (AvgIpc) is 2.56. The fraction of sp³-hybridized carbons (Fsp3) is 0.538. The standard InChI is InChI=1S/C13H19NO/c1-3-4-9-15-14-11(2)10-12-7-5-6-8-13(12)14/h5-8,11H,3-4,9-10H2,1-2H3. The first-order valence-corrected chi connectivity index (χ1v) is 5.83. The Balaban J connectivity index is 2.05. The van der Waals surface area contributed by atoms with Crippen molar-refractivity contribution in [3.8, 4) is 0 Å². The largest absolute Gasteiger partial charge is 0.273 e. The Morgan fingerprint density at radius 3 is 3.00 bits per heavy atom. The maximum Gasteiger partial charge on any atom is 0.0748 e. The van der Waals surface area contributed by atoms with Crippen LogP contribution in [0.2, 0.25) is 0 Å². The van der Waals surface area contributed by atoms with Gasteiger partial charge in [-0.05, 0) is 31.4 Å². The summed E-state index contributed by atoms with van der Waals surface area (Å²) in [6, 6.07) is 8.98. The monoisotopic (exact) mass is 205 g/mol. The number of rotatable bonds is 4. The second kappa shape index (κ2) is 4.67. The lowest BCUT2D eigenvalue weighted by Gasteiger charge is -2.23. The Morgan fingerprint density at radius 1 is 1.40 bits per heavy atom. The molecular weight excluding hydrogens is 186 g/mol. The third-order valence-corrected chi connectivity index (χ3v) is 2.87. The van der Waals surface area contributed by atoms with Crippen LogP contribution in [0.3, 0.4) is 0 Å². The van der Waals surface area contributed by atoms with Crippen molar-refractivity contribution in [3.63, 3.8) is 0 Å². The zero-order valence-corrected chi connectivity index (χ0v) is 9.57. The van der Waals surface area contributed by atoms with E-state index in [1.54, 1.807) is 0 Å². The SMILES string of the molecule is CCCCON1c2ccccc2CC1C. The van der Waals surface area contributed by atoms with E-state index in [4.69, 9.17) is 4.84 Å². The summed E-state index contributed by atoms with van der Waals surface area (Å²) in [5.41, 5.74) is 2.66. The predicted molar refractivity (Wildman–Crippen MR) is 62.9 cm³/mol. The van der Waals surface area contributed by atoms with Crippen LogP contribution in [0.5, 0.6) is 0 Å². The van der Waals surface area contributed by atoms with Crippen LogP contribution in [0.1, 0.15) is 32.3 Å². The van der Waals surface area contributed by atoms with Crippen molar-refractivity contribution in [2.45, 2.75) is 39.2 Å². The van der Waals surface area contributed by atoms with Gasteiger partial charge in [0.25, 0.3) is 0 Å². The van der Waals surface area contributed by atoms with Gasteiger partial charge in [0, 0.05) is 0 Å². The summed E-state index contributed by atoms with van der Waals surface area (Å²) in [7, 11) is 0. The van der Waals surface area contributed by atoms with E-state index in [1.165, 1.54) is 17.7 Å². The van der Waals surface area contributed by atoms with E-state index in [1.807, 2.05) is 0 Å². The number of fused-ring (bicyclic) bond motifs is 1. The number of benzene rings is 1. The Kier molecular flexibility index (Phi) is 3.27. The van der Waals surface area contributed by atoms with Gasteiger partial charge < -0.3 is 0 Å². The Morgan fingerprint density at radius 2 is 2.20 bits per heavy atom. The highest BCUT2D eigenvalue weighted by atomic mass is 16.7. The van der Waals surface area contributed by atoms with Gasteiger partial charge in [0.1, 0.15) is 0 Å². The summed E-state index contributed by atoms with van der Waals surface area (Å²) in [6.07, 6.45) is 3.41. The average molecular weight is 205 g/mol. The maximum atomic E-state index is 5.82. The first-order chi connectivity index (χ1) is 7.33. The van der Waals surface area contributed by atoms with Gasteiger partial charge in [0.15, 0.2) is 0 Å². The van der Waals surface area contributed by atoms with Crippen LogP contribution in [0.15, 0.2) is 24.3 Å². The van der Waals surface area contributed by atoms with E-state index in [2.05, 4.69) is 43.2 Å². The summed E-state index contributed by atoms with van der Waals surface area (Å²) in [4.78, 5) is 5.82. The molecule has 82 valence electrons. The van der Waals surface area contributed by atoms with Crippen molar-refractivity contribution in [1.29, 1.82) is 0 Å². The molecule has 1 unspecified atom stereocenters. The lowest BCUT2D eigenvalue weighted by atomic mass is 10.1. The molecule has 1 atom stereocenters. The maximum absolute atomic E-state index is 5.82. The lowest BCUT2D eigenvalue weighted by molar-refractivity contribution is 0.0932. The number of unbranched alkanes of at least 4 members (excludes halogenated alkanes) is 1. The summed E-state index contributed by atoms with van der Waals surface area (Å²) < 4.78 is 0. The highest BCUT2D eigenvalue weighted by Gasteiger charge is 2.25. The topological polar surface area (TPSA) is 12.5 Å². The van der Waals surface area contributed by atoms with Crippen molar-refractivity contribution < 1.29 is 4.84 Å². The van der Waals surface area contributed by atoms with Crippen molar-refractivity contribution in [2.75, 3.05) is 11.7 Å². The number of para-hydroxylation sites is 1. The Bertz CT molecular complexity index is 324. The summed E-state index contributed by atoms with van der Waals surface area (Å²) in [6.45, 7) is 5.23. The first kappa shape index (κ1) is 10.5. The molecule has 0 bridgehead atoms. The van der Waals surface area contributed by atoms with Crippen LogP contribution in [-0.2, 0) is 11.3 Å². The molecule has 0 spiro atoms. The van der Waals surface area contributed by atoms with Gasteiger partial charge in [-0.3, -0.25) is 9.90 Å². The molecule has 1 aliphatic heterocycles. The van der Waals surface area contributed by atoms with E-state index < -0.39 is 0 Å². The zero-order valence-electron chi connectivity index (χ0n) is 9.57. The second-order valence-corrected chi connectivity index (χ2v) is 4.19. The van der Waals surface area contributed by atoms with Gasteiger partial charge in [-0.2, -0.15) is 0 Å². The Hall–Kier alpha value is -1.02. The number of hydrogen-bond acceptors (Lipinski definition) is 2. The van der Waals surface area contributed by atoms with E-state index in [0.29, 0.717) is 6.04 Å². The third-order valence-electron chi connectivity index (χ3n) is 2.87. The van der Waals surface area contributed by atoms with Gasteiger partial charge in [0.2, 0.25) is 0 Å². The molecule has 2 nitrogen and oxygen atoms in total. The minimum Gasteiger partial charge on any atom is -0.273 e. The van der Waals surface area contributed by atoms with E-state index in [-0.39, 0.29) is 0 Å². The number of anilines is 1. The molecule has 0 amide bonds. The van der Waals surface area contributed by atoms with Crippen molar-refractivity contribution in [3.05, 3.63) is 29.8 Å². The minimum atomic E-state index is 0.472. The van der Waals surface area contributed by atoms with Gasteiger partial charge >= 0.3 is 0 Å². The first-order valence-electron chi connectivity index (χ1n) is 5.83. The van der Waals surface area contributed by atoms with Crippen LogP contribution in [0.4, 0.5) is 5.69 Å². The van der Waals surface area contributed by atoms with Crippen molar-refractivity contribution >= 4 is 5.69 Å². The Labute approximate surface area is 91.8 Å². The fourth-order valence-corrected chi connectivity index (χ4v) is 2.04. The van der Waals surface area contributed by atoms with Crippen LogP contribution in [-0.4, -0.2) is 12.6 Å². The molecule has 0 N–H and O–H groups in total. The molecular formula is C13H19NO. The quantitative estimate of drug-likeness (QED) is 0.700. The zero-order chi connectivity index (χ0) is 10.7. The molecule has 0 saturated carbocycles. The lowest BCUT2D eigenvalue weighted by Crippen LogP contribution is -2.29. The normalized spacial score (nSPS) is 19.3. The van der Waals surface area contributed by atoms with Crippen LogP contribution < -0.4 is 5.06 Å². The molecule has 0 aromatic heterocycles. The van der Waals surface area contributed by atoms with Crippen LogP contribution >= 0.6 is 0 Å². The molecule has 1 heterocycles. The molecule has 1 aromatic rings. The molecule has 0 radical (unpaired) electrons. The molecule has 0 aliphatic carbocycles. The van der Waals surface area contributed by atoms with E-state index in [0.717, 1.165) is 19.4 Å². The predicted octanol–water partition coefficient (Wildman–Crippen LogP) is 3.17. The third kappa shape index (κ3) is 2.15.